The predicted octanol–water partition coefficient (Wildman–Crippen LogP) is 4.20. The molecule has 0 saturated heterocycles. The molecule has 44 heavy (non-hydrogen) atoms. The number of nitrogen functional groups attached to an aromatic ring is 1. The lowest BCUT2D eigenvalue weighted by Gasteiger charge is -2.24. The molecule has 3 aromatic carbocycles. The third-order valence-corrected chi connectivity index (χ3v) is 6.24. The summed E-state index contributed by atoms with van der Waals surface area (Å²) in [5.41, 5.74) is 7.32. The van der Waals surface area contributed by atoms with Crippen molar-refractivity contribution in [3.63, 3.8) is 0 Å². The third kappa shape index (κ3) is 10.2. The highest BCUT2D eigenvalue weighted by Gasteiger charge is 2.28. The number of rotatable bonds is 14. The SMILES string of the molecule is COc1cc([C@H](Nc2ccc(C(=N)N)cc2)C(=O)N[C@@H](CCNC(=O)OC(C)(C)C)C(=O)O)ccc1OCc1ccccc1. The molecule has 3 rings (SSSR count). The molecule has 7 N–H and O–H groups in total. The first-order valence-electron chi connectivity index (χ1n) is 13.9. The fourth-order valence-electron chi connectivity index (χ4n) is 4.08. The number of nitrogens with two attached hydrogens (primary N) is 1. The number of ether oxygens (including phenoxy) is 3. The van der Waals surface area contributed by atoms with Gasteiger partial charge >= 0.3 is 12.1 Å². The van der Waals surface area contributed by atoms with E-state index in [1.807, 2.05) is 30.3 Å². The molecule has 0 spiro atoms. The lowest BCUT2D eigenvalue weighted by molar-refractivity contribution is -0.142. The molecular formula is C32H39N5O7. The number of hydrogen-bond acceptors (Lipinski definition) is 8. The molecule has 0 saturated carbocycles. The van der Waals surface area contributed by atoms with Crippen molar-refractivity contribution in [3.8, 4) is 11.5 Å². The van der Waals surface area contributed by atoms with Gasteiger partial charge in [0, 0.05) is 17.8 Å². The van der Waals surface area contributed by atoms with Crippen LogP contribution in [0.2, 0.25) is 0 Å². The minimum Gasteiger partial charge on any atom is -0.493 e. The summed E-state index contributed by atoms with van der Waals surface area (Å²) in [7, 11) is 1.48. The molecule has 2 amide bonds. The summed E-state index contributed by atoms with van der Waals surface area (Å²) < 4.78 is 16.7. The molecule has 0 unspecified atom stereocenters. The Bertz CT molecular complexity index is 1440. The van der Waals surface area contributed by atoms with E-state index in [-0.39, 0.29) is 18.8 Å². The van der Waals surface area contributed by atoms with Crippen molar-refractivity contribution in [3.05, 3.63) is 89.5 Å². The van der Waals surface area contributed by atoms with Crippen LogP contribution in [-0.2, 0) is 20.9 Å². The minimum absolute atomic E-state index is 0.0436. The van der Waals surface area contributed by atoms with Crippen LogP contribution in [0.4, 0.5) is 10.5 Å². The minimum atomic E-state index is -1.31. The van der Waals surface area contributed by atoms with E-state index >= 15 is 0 Å². The van der Waals surface area contributed by atoms with Crippen molar-refractivity contribution in [1.82, 2.24) is 10.6 Å². The van der Waals surface area contributed by atoms with E-state index in [1.165, 1.54) is 7.11 Å². The molecule has 0 fully saturated rings. The number of carbonyl (C=O) groups excluding carboxylic acids is 2. The molecule has 234 valence electrons. The second-order valence-corrected chi connectivity index (χ2v) is 10.9. The van der Waals surface area contributed by atoms with E-state index in [0.29, 0.717) is 34.9 Å². The Morgan fingerprint density at radius 1 is 0.977 bits per heavy atom. The lowest BCUT2D eigenvalue weighted by Crippen LogP contribution is -2.46. The Morgan fingerprint density at radius 3 is 2.25 bits per heavy atom. The zero-order valence-corrected chi connectivity index (χ0v) is 25.2. The summed E-state index contributed by atoms with van der Waals surface area (Å²) in [6, 6.07) is 18.8. The smallest absolute Gasteiger partial charge is 0.407 e. The molecule has 0 aliphatic rings. The topological polar surface area (TPSA) is 185 Å². The number of anilines is 1. The maximum Gasteiger partial charge on any atom is 0.407 e. The van der Waals surface area contributed by atoms with Crippen LogP contribution >= 0.6 is 0 Å². The number of nitrogens with one attached hydrogen (secondary N) is 4. The van der Waals surface area contributed by atoms with Gasteiger partial charge in [-0.15, -0.1) is 0 Å². The van der Waals surface area contributed by atoms with Crippen molar-refractivity contribution in [2.24, 2.45) is 5.73 Å². The van der Waals surface area contributed by atoms with Gasteiger partial charge < -0.3 is 41.0 Å². The van der Waals surface area contributed by atoms with E-state index < -0.39 is 35.7 Å². The van der Waals surface area contributed by atoms with E-state index in [9.17, 15) is 19.5 Å². The average molecular weight is 606 g/mol. The third-order valence-electron chi connectivity index (χ3n) is 6.24. The monoisotopic (exact) mass is 605 g/mol. The van der Waals surface area contributed by atoms with Gasteiger partial charge in [0.05, 0.1) is 7.11 Å². The summed E-state index contributed by atoms with van der Waals surface area (Å²) in [5, 5.41) is 25.7. The van der Waals surface area contributed by atoms with Gasteiger partial charge in [0.15, 0.2) is 11.5 Å². The Hall–Kier alpha value is -5.26. The number of carbonyl (C=O) groups is 3. The van der Waals surface area contributed by atoms with E-state index in [4.69, 9.17) is 25.4 Å². The molecule has 0 bridgehead atoms. The largest absolute Gasteiger partial charge is 0.493 e. The van der Waals surface area contributed by atoms with Crippen molar-refractivity contribution < 1.29 is 33.7 Å². The molecule has 2 atom stereocenters. The van der Waals surface area contributed by atoms with E-state index in [1.54, 1.807) is 63.2 Å². The first-order valence-corrected chi connectivity index (χ1v) is 13.9. The van der Waals surface area contributed by atoms with Gasteiger partial charge in [-0.1, -0.05) is 36.4 Å². The molecule has 0 aliphatic heterocycles. The van der Waals surface area contributed by atoms with Crippen molar-refractivity contribution in [2.75, 3.05) is 19.0 Å². The van der Waals surface area contributed by atoms with E-state index in [2.05, 4.69) is 16.0 Å². The summed E-state index contributed by atoms with van der Waals surface area (Å²) in [5.74, 6) is -1.17. The van der Waals surface area contributed by atoms with E-state index in [0.717, 1.165) is 5.56 Å². The van der Waals surface area contributed by atoms with Crippen LogP contribution in [-0.4, -0.2) is 54.2 Å². The Morgan fingerprint density at radius 2 is 1.66 bits per heavy atom. The summed E-state index contributed by atoms with van der Waals surface area (Å²) in [6.07, 6.45) is -0.779. The lowest BCUT2D eigenvalue weighted by atomic mass is 10.0. The maximum atomic E-state index is 13.6. The molecule has 3 aromatic rings. The fraction of sp³-hybridized carbons (Fsp3) is 0.312. The Balaban J connectivity index is 1.83. The second kappa shape index (κ2) is 15.3. The number of aliphatic carboxylic acids is 1. The highest BCUT2D eigenvalue weighted by atomic mass is 16.6. The van der Waals surface area contributed by atoms with Gasteiger partial charge in [-0.2, -0.15) is 0 Å². The zero-order valence-electron chi connectivity index (χ0n) is 25.2. The number of alkyl carbamates (subject to hydrolysis) is 1. The maximum absolute atomic E-state index is 13.6. The number of carboxylic acid groups (broad SMARTS) is 1. The van der Waals surface area contributed by atoms with Crippen LogP contribution in [0.3, 0.4) is 0 Å². The Labute approximate surface area is 256 Å². The summed E-state index contributed by atoms with van der Waals surface area (Å²) >= 11 is 0. The molecule has 12 heteroatoms. The molecular weight excluding hydrogens is 566 g/mol. The molecule has 0 aliphatic carbocycles. The van der Waals surface area contributed by atoms with Crippen molar-refractivity contribution in [1.29, 1.82) is 5.41 Å². The van der Waals surface area contributed by atoms with Gasteiger partial charge in [0.25, 0.3) is 0 Å². The first kappa shape index (κ1) is 33.2. The summed E-state index contributed by atoms with van der Waals surface area (Å²) in [6.45, 7) is 5.40. The van der Waals surface area contributed by atoms with Crippen LogP contribution in [0.1, 0.15) is 49.9 Å². The van der Waals surface area contributed by atoms with Gasteiger partial charge in [0.1, 0.15) is 30.1 Å². The van der Waals surface area contributed by atoms with Gasteiger partial charge in [-0.05, 0) is 74.7 Å². The molecule has 12 nitrogen and oxygen atoms in total. The highest BCUT2D eigenvalue weighted by molar-refractivity contribution is 5.95. The standard InChI is InChI=1S/C32H39N5O7/c1-32(2,3)44-31(41)35-17-16-24(30(39)40)37-29(38)27(36-23-13-10-21(11-14-23)28(33)34)22-12-15-25(26(18-22)42-4)43-19-20-8-6-5-7-9-20/h5-15,18,24,27,36H,16-17,19H2,1-4H3,(H3,33,34)(H,35,41)(H,37,38)(H,39,40)/t24-,27-/m0/s1. The quantitative estimate of drug-likeness (QED) is 0.116. The fourth-order valence-corrected chi connectivity index (χ4v) is 4.08. The van der Waals surface area contributed by atoms with Crippen LogP contribution in [0.15, 0.2) is 72.8 Å². The van der Waals surface area contributed by atoms with Crippen LogP contribution < -0.4 is 31.2 Å². The number of methoxy groups -OCH3 is 1. The zero-order chi connectivity index (χ0) is 32.3. The second-order valence-electron chi connectivity index (χ2n) is 10.9. The highest BCUT2D eigenvalue weighted by Crippen LogP contribution is 2.32. The van der Waals surface area contributed by atoms with Crippen LogP contribution in [0, 0.1) is 5.41 Å². The number of amides is 2. The number of carboxylic acids is 1. The number of benzene rings is 3. The predicted molar refractivity (Wildman–Crippen MR) is 166 cm³/mol. The normalized spacial score (nSPS) is 12.3. The molecule has 0 aromatic heterocycles. The number of amidine groups is 1. The average Bonchev–Trinajstić information content (AvgIpc) is 2.98. The van der Waals surface area contributed by atoms with Gasteiger partial charge in [-0.25, -0.2) is 9.59 Å². The van der Waals surface area contributed by atoms with Crippen molar-refractivity contribution in [2.45, 2.75) is 51.5 Å². The molecule has 0 radical (unpaired) electrons. The Kier molecular flexibility index (Phi) is 11.5. The van der Waals surface area contributed by atoms with Crippen LogP contribution in [0.5, 0.6) is 11.5 Å². The van der Waals surface area contributed by atoms with Crippen LogP contribution in [0.25, 0.3) is 0 Å². The molecule has 0 heterocycles. The van der Waals surface area contributed by atoms with Gasteiger partial charge in [-0.3, -0.25) is 10.2 Å². The number of hydrogen-bond donors (Lipinski definition) is 6. The first-order chi connectivity index (χ1) is 20.9. The van der Waals surface area contributed by atoms with Gasteiger partial charge in [0.2, 0.25) is 5.91 Å². The van der Waals surface area contributed by atoms with Crippen molar-refractivity contribution >= 4 is 29.5 Å². The summed E-state index contributed by atoms with van der Waals surface area (Å²) in [4.78, 5) is 37.7.